The predicted octanol–water partition coefficient (Wildman–Crippen LogP) is 0.741. The summed E-state index contributed by atoms with van der Waals surface area (Å²) in [6, 6.07) is 6.08. The highest BCUT2D eigenvalue weighted by Crippen LogP contribution is 2.21. The van der Waals surface area contributed by atoms with Crippen molar-refractivity contribution in [3.8, 4) is 11.5 Å². The van der Waals surface area contributed by atoms with Crippen LogP contribution in [0.2, 0.25) is 0 Å². The second-order valence-corrected chi connectivity index (χ2v) is 6.20. The van der Waals surface area contributed by atoms with Gasteiger partial charge in [0.1, 0.15) is 13.2 Å². The molecule has 0 amide bonds. The smallest absolute Gasteiger partial charge is 0.329 e. The zero-order valence-electron chi connectivity index (χ0n) is 11.0. The molecular weight excluding hydrogens is 300 g/mol. The molecule has 112 valence electrons. The molecule has 0 saturated carbocycles. The summed E-state index contributed by atoms with van der Waals surface area (Å²) in [5.41, 5.74) is 0.454. The van der Waals surface area contributed by atoms with E-state index in [0.717, 1.165) is 6.26 Å². The lowest BCUT2D eigenvalue weighted by atomic mass is 10.2. The molecule has 0 radical (unpaired) electrons. The summed E-state index contributed by atoms with van der Waals surface area (Å²) >= 11 is 0. The average Bonchev–Trinajstić information content (AvgIpc) is 2.86. The van der Waals surface area contributed by atoms with E-state index in [1.807, 2.05) is 0 Å². The lowest BCUT2D eigenvalue weighted by Crippen LogP contribution is -2.06. The van der Waals surface area contributed by atoms with Gasteiger partial charge in [-0.05, 0) is 18.2 Å². The van der Waals surface area contributed by atoms with Gasteiger partial charge in [-0.15, -0.1) is 10.2 Å². The van der Waals surface area contributed by atoms with Gasteiger partial charge in [-0.3, -0.25) is 0 Å². The van der Waals surface area contributed by atoms with Crippen molar-refractivity contribution in [2.75, 3.05) is 12.9 Å². The molecule has 2 aromatic rings. The first-order chi connectivity index (χ1) is 9.86. The van der Waals surface area contributed by atoms with Gasteiger partial charge < -0.3 is 14.3 Å². The first-order valence-corrected chi connectivity index (χ1v) is 7.68. The minimum absolute atomic E-state index is 0.107. The highest BCUT2D eigenvalue weighted by Gasteiger charge is 2.13. The van der Waals surface area contributed by atoms with Gasteiger partial charge in [0.05, 0.1) is 4.90 Å². The Kier molecular flexibility index (Phi) is 4.34. The summed E-state index contributed by atoms with van der Waals surface area (Å²) < 4.78 is 33.1. The van der Waals surface area contributed by atoms with Crippen LogP contribution in [0.1, 0.15) is 5.89 Å². The molecule has 0 fully saturated rings. The summed E-state index contributed by atoms with van der Waals surface area (Å²) in [4.78, 5) is 10.4. The Hall–Kier alpha value is -2.26. The molecular formula is C12H12N2O6S. The Balaban J connectivity index is 2.16. The van der Waals surface area contributed by atoms with E-state index in [2.05, 4.69) is 10.2 Å². The van der Waals surface area contributed by atoms with E-state index in [1.165, 1.54) is 12.1 Å². The third-order valence-corrected chi connectivity index (χ3v) is 3.54. The summed E-state index contributed by atoms with van der Waals surface area (Å²) in [5, 5.41) is 15.9. The van der Waals surface area contributed by atoms with E-state index < -0.39 is 22.4 Å². The Bertz CT molecular complexity index is 753. The van der Waals surface area contributed by atoms with E-state index in [4.69, 9.17) is 14.3 Å². The number of nitrogens with zero attached hydrogens (tertiary/aromatic N) is 2. The Morgan fingerprint density at radius 3 is 2.81 bits per heavy atom. The highest BCUT2D eigenvalue weighted by molar-refractivity contribution is 7.90. The number of sulfone groups is 1. The Labute approximate surface area is 120 Å². The van der Waals surface area contributed by atoms with Gasteiger partial charge in [0.2, 0.25) is 11.8 Å². The second kappa shape index (κ2) is 6.02. The Morgan fingerprint density at radius 2 is 2.14 bits per heavy atom. The standard InChI is InChI=1S/C12H12N2O6S/c1-21(17,18)9-4-2-3-8(5-9)12-14-13-10(20-12)6-19-7-11(15)16/h2-5H,6-7H2,1H3,(H,15,16). The van der Waals surface area contributed by atoms with Crippen LogP contribution in [-0.2, 0) is 26.0 Å². The molecule has 8 nitrogen and oxygen atoms in total. The number of hydrogen-bond acceptors (Lipinski definition) is 7. The van der Waals surface area contributed by atoms with Crippen LogP contribution in [0.3, 0.4) is 0 Å². The molecule has 1 aromatic carbocycles. The van der Waals surface area contributed by atoms with Crippen LogP contribution in [0.4, 0.5) is 0 Å². The summed E-state index contributed by atoms with van der Waals surface area (Å²) in [6.07, 6.45) is 1.10. The lowest BCUT2D eigenvalue weighted by molar-refractivity contribution is -0.142. The molecule has 1 heterocycles. The number of aliphatic carboxylic acids is 1. The fourth-order valence-corrected chi connectivity index (χ4v) is 2.18. The third-order valence-electron chi connectivity index (χ3n) is 2.43. The first-order valence-electron chi connectivity index (χ1n) is 5.78. The zero-order valence-corrected chi connectivity index (χ0v) is 11.8. The molecule has 21 heavy (non-hydrogen) atoms. The molecule has 1 aromatic heterocycles. The van der Waals surface area contributed by atoms with E-state index in [0.29, 0.717) is 5.56 Å². The van der Waals surface area contributed by atoms with Crippen LogP contribution < -0.4 is 0 Å². The van der Waals surface area contributed by atoms with Crippen molar-refractivity contribution in [3.05, 3.63) is 30.2 Å². The van der Waals surface area contributed by atoms with Crippen LogP contribution in [0.25, 0.3) is 11.5 Å². The van der Waals surface area contributed by atoms with Crippen LogP contribution in [-0.4, -0.2) is 42.6 Å². The van der Waals surface area contributed by atoms with Crippen molar-refractivity contribution in [3.63, 3.8) is 0 Å². The summed E-state index contributed by atoms with van der Waals surface area (Å²) in [5.74, 6) is -0.860. The fourth-order valence-electron chi connectivity index (χ4n) is 1.51. The van der Waals surface area contributed by atoms with Crippen molar-refractivity contribution < 1.29 is 27.5 Å². The molecule has 1 N–H and O–H groups in total. The van der Waals surface area contributed by atoms with Crippen molar-refractivity contribution in [1.29, 1.82) is 0 Å². The normalized spacial score (nSPS) is 11.5. The second-order valence-electron chi connectivity index (χ2n) is 4.19. The van der Waals surface area contributed by atoms with Gasteiger partial charge in [0.15, 0.2) is 9.84 Å². The number of benzene rings is 1. The van der Waals surface area contributed by atoms with Crippen molar-refractivity contribution in [2.45, 2.75) is 11.5 Å². The summed E-state index contributed by atoms with van der Waals surface area (Å²) in [6.45, 7) is -0.605. The van der Waals surface area contributed by atoms with Crippen molar-refractivity contribution in [2.24, 2.45) is 0 Å². The molecule has 0 saturated heterocycles. The van der Waals surface area contributed by atoms with Crippen molar-refractivity contribution >= 4 is 15.8 Å². The van der Waals surface area contributed by atoms with E-state index >= 15 is 0 Å². The molecule has 0 spiro atoms. The van der Waals surface area contributed by atoms with Crippen LogP contribution in [0, 0.1) is 0 Å². The number of carboxylic acid groups (broad SMARTS) is 1. The SMILES string of the molecule is CS(=O)(=O)c1cccc(-c2nnc(COCC(=O)O)o2)c1. The molecule has 9 heteroatoms. The zero-order chi connectivity index (χ0) is 15.5. The monoisotopic (exact) mass is 312 g/mol. The predicted molar refractivity (Wildman–Crippen MR) is 70.1 cm³/mol. The fraction of sp³-hybridized carbons (Fsp3) is 0.250. The number of carbonyl (C=O) groups is 1. The minimum Gasteiger partial charge on any atom is -0.480 e. The maximum absolute atomic E-state index is 11.5. The van der Waals surface area contributed by atoms with Crippen molar-refractivity contribution in [1.82, 2.24) is 10.2 Å². The van der Waals surface area contributed by atoms with Gasteiger partial charge >= 0.3 is 5.97 Å². The maximum Gasteiger partial charge on any atom is 0.329 e. The lowest BCUT2D eigenvalue weighted by Gasteiger charge is -2.00. The van der Waals surface area contributed by atoms with Gasteiger partial charge in [-0.1, -0.05) is 6.07 Å². The number of carboxylic acids is 1. The molecule has 0 bridgehead atoms. The van der Waals surface area contributed by atoms with Gasteiger partial charge in [0.25, 0.3) is 0 Å². The van der Waals surface area contributed by atoms with Gasteiger partial charge in [-0.25, -0.2) is 13.2 Å². The molecule has 2 rings (SSSR count). The molecule has 0 aliphatic rings. The number of rotatable bonds is 6. The molecule has 0 aliphatic heterocycles. The molecule has 0 atom stereocenters. The number of ether oxygens (including phenoxy) is 1. The number of aromatic nitrogens is 2. The van der Waals surface area contributed by atoms with Gasteiger partial charge in [0, 0.05) is 11.8 Å². The average molecular weight is 312 g/mol. The molecule has 0 aliphatic carbocycles. The van der Waals surface area contributed by atoms with Crippen LogP contribution in [0.5, 0.6) is 0 Å². The van der Waals surface area contributed by atoms with Crippen LogP contribution >= 0.6 is 0 Å². The topological polar surface area (TPSA) is 120 Å². The minimum atomic E-state index is -3.33. The quantitative estimate of drug-likeness (QED) is 0.829. The van der Waals surface area contributed by atoms with E-state index in [-0.39, 0.29) is 23.3 Å². The molecule has 0 unspecified atom stereocenters. The van der Waals surface area contributed by atoms with E-state index in [9.17, 15) is 13.2 Å². The first kappa shape index (κ1) is 15.1. The van der Waals surface area contributed by atoms with Gasteiger partial charge in [-0.2, -0.15) is 0 Å². The van der Waals surface area contributed by atoms with Crippen LogP contribution in [0.15, 0.2) is 33.6 Å². The third kappa shape index (κ3) is 4.10. The summed E-state index contributed by atoms with van der Waals surface area (Å²) in [7, 11) is -3.33. The largest absolute Gasteiger partial charge is 0.480 e. The highest BCUT2D eigenvalue weighted by atomic mass is 32.2. The van der Waals surface area contributed by atoms with E-state index in [1.54, 1.807) is 12.1 Å². The number of hydrogen-bond donors (Lipinski definition) is 1. The Morgan fingerprint density at radius 1 is 1.38 bits per heavy atom. The maximum atomic E-state index is 11.5.